The molecular formula is C16H25N3O2. The van der Waals surface area contributed by atoms with E-state index in [0.717, 1.165) is 44.8 Å². The van der Waals surface area contributed by atoms with Crippen LogP contribution in [-0.4, -0.2) is 43.2 Å². The highest BCUT2D eigenvalue weighted by Crippen LogP contribution is 2.14. The Labute approximate surface area is 126 Å². The van der Waals surface area contributed by atoms with E-state index in [2.05, 4.69) is 10.2 Å². The Morgan fingerprint density at radius 2 is 2.38 bits per heavy atom. The molecule has 0 radical (unpaired) electrons. The second-order valence-corrected chi connectivity index (χ2v) is 5.44. The van der Waals surface area contributed by atoms with Gasteiger partial charge in [0, 0.05) is 37.5 Å². The molecule has 1 unspecified atom stereocenters. The summed E-state index contributed by atoms with van der Waals surface area (Å²) in [6.45, 7) is 5.54. The van der Waals surface area contributed by atoms with Gasteiger partial charge in [-0.1, -0.05) is 6.07 Å². The monoisotopic (exact) mass is 291 g/mol. The van der Waals surface area contributed by atoms with Crippen molar-refractivity contribution in [3.8, 4) is 0 Å². The molecule has 1 fully saturated rings. The molecule has 3 N–H and O–H groups in total. The summed E-state index contributed by atoms with van der Waals surface area (Å²) in [5.74, 6) is 0.0270. The molecule has 1 aliphatic rings. The van der Waals surface area contributed by atoms with Crippen molar-refractivity contribution >= 4 is 17.3 Å². The van der Waals surface area contributed by atoms with E-state index in [1.807, 2.05) is 19.1 Å². The number of carbonyl (C=O) groups is 1. The molecule has 21 heavy (non-hydrogen) atoms. The number of likely N-dealkylation sites (tertiary alicyclic amines) is 1. The van der Waals surface area contributed by atoms with Crippen molar-refractivity contribution in [3.63, 3.8) is 0 Å². The van der Waals surface area contributed by atoms with Crippen LogP contribution in [0, 0.1) is 0 Å². The van der Waals surface area contributed by atoms with Crippen LogP contribution < -0.4 is 11.1 Å². The number of piperidine rings is 1. The fraction of sp³-hybridized carbons (Fsp3) is 0.562. The average molecular weight is 291 g/mol. The van der Waals surface area contributed by atoms with Crippen LogP contribution in [0.5, 0.6) is 0 Å². The van der Waals surface area contributed by atoms with Gasteiger partial charge < -0.3 is 20.7 Å². The van der Waals surface area contributed by atoms with Gasteiger partial charge in [0.15, 0.2) is 0 Å². The summed E-state index contributed by atoms with van der Waals surface area (Å²) in [5, 5.41) is 2.88. The molecule has 2 rings (SSSR count). The molecule has 5 heteroatoms. The van der Waals surface area contributed by atoms with E-state index in [0.29, 0.717) is 18.2 Å². The Morgan fingerprint density at radius 1 is 1.52 bits per heavy atom. The van der Waals surface area contributed by atoms with Gasteiger partial charge in [-0.05, 0) is 44.5 Å². The number of ether oxygens (including phenoxy) is 1. The van der Waals surface area contributed by atoms with Crippen molar-refractivity contribution in [1.29, 1.82) is 0 Å². The van der Waals surface area contributed by atoms with Gasteiger partial charge >= 0.3 is 0 Å². The van der Waals surface area contributed by atoms with Gasteiger partial charge in [0.05, 0.1) is 6.10 Å². The van der Waals surface area contributed by atoms with Gasteiger partial charge in [-0.15, -0.1) is 0 Å². The zero-order chi connectivity index (χ0) is 15.1. The number of nitrogens with two attached hydrogens (primary N) is 1. The minimum atomic E-state index is 0.0270. The molecule has 0 bridgehead atoms. The molecule has 0 saturated carbocycles. The Kier molecular flexibility index (Phi) is 6.02. The first-order valence-electron chi connectivity index (χ1n) is 7.66. The van der Waals surface area contributed by atoms with Crippen molar-refractivity contribution in [2.45, 2.75) is 32.3 Å². The van der Waals surface area contributed by atoms with E-state index < -0.39 is 0 Å². The molecular weight excluding hydrogens is 266 g/mol. The topological polar surface area (TPSA) is 67.6 Å². The van der Waals surface area contributed by atoms with Crippen molar-refractivity contribution in [2.24, 2.45) is 0 Å². The molecule has 1 aliphatic heterocycles. The number of nitrogens with zero attached hydrogens (tertiary/aromatic N) is 1. The lowest BCUT2D eigenvalue weighted by molar-refractivity contribution is -0.116. The molecule has 5 nitrogen and oxygen atoms in total. The quantitative estimate of drug-likeness (QED) is 0.788. The minimum Gasteiger partial charge on any atom is -0.399 e. The normalized spacial score (nSPS) is 19.4. The van der Waals surface area contributed by atoms with Gasteiger partial charge in [0.1, 0.15) is 0 Å². The second kappa shape index (κ2) is 8.00. The first kappa shape index (κ1) is 15.8. The highest BCUT2D eigenvalue weighted by atomic mass is 16.5. The highest BCUT2D eigenvalue weighted by Gasteiger charge is 2.20. The SMILES string of the molecule is CCOC1CCCN(CCC(=O)Nc2cccc(N)c2)C1. The number of anilines is 2. The fourth-order valence-corrected chi connectivity index (χ4v) is 2.69. The Balaban J connectivity index is 1.73. The summed E-state index contributed by atoms with van der Waals surface area (Å²) in [6, 6.07) is 7.25. The zero-order valence-corrected chi connectivity index (χ0v) is 12.7. The lowest BCUT2D eigenvalue weighted by Gasteiger charge is -2.32. The summed E-state index contributed by atoms with van der Waals surface area (Å²) >= 11 is 0. The van der Waals surface area contributed by atoms with E-state index in [-0.39, 0.29) is 5.91 Å². The number of hydrogen-bond donors (Lipinski definition) is 2. The number of hydrogen-bond acceptors (Lipinski definition) is 4. The van der Waals surface area contributed by atoms with Crippen LogP contribution in [0.2, 0.25) is 0 Å². The Hall–Kier alpha value is -1.59. The molecule has 0 aliphatic carbocycles. The van der Waals surface area contributed by atoms with Crippen molar-refractivity contribution < 1.29 is 9.53 Å². The third-order valence-electron chi connectivity index (χ3n) is 3.69. The second-order valence-electron chi connectivity index (χ2n) is 5.44. The lowest BCUT2D eigenvalue weighted by atomic mass is 10.1. The minimum absolute atomic E-state index is 0.0270. The summed E-state index contributed by atoms with van der Waals surface area (Å²) in [7, 11) is 0. The number of benzene rings is 1. The standard InChI is InChI=1S/C16H25N3O2/c1-2-21-15-7-4-9-19(12-15)10-8-16(20)18-14-6-3-5-13(17)11-14/h3,5-6,11,15H,2,4,7-10,12,17H2,1H3,(H,18,20). The van der Waals surface area contributed by atoms with Gasteiger partial charge in [-0.25, -0.2) is 0 Å². The van der Waals surface area contributed by atoms with Crippen LogP contribution in [0.4, 0.5) is 11.4 Å². The molecule has 0 spiro atoms. The van der Waals surface area contributed by atoms with E-state index >= 15 is 0 Å². The van der Waals surface area contributed by atoms with Crippen molar-refractivity contribution in [1.82, 2.24) is 4.90 Å². The van der Waals surface area contributed by atoms with Crippen LogP contribution in [-0.2, 0) is 9.53 Å². The molecule has 1 heterocycles. The van der Waals surface area contributed by atoms with Crippen molar-refractivity contribution in [2.75, 3.05) is 37.3 Å². The lowest BCUT2D eigenvalue weighted by Crippen LogP contribution is -2.40. The summed E-state index contributed by atoms with van der Waals surface area (Å²) in [5.41, 5.74) is 7.11. The number of nitrogen functional groups attached to an aromatic ring is 1. The number of rotatable bonds is 6. The van der Waals surface area contributed by atoms with Crippen LogP contribution in [0.3, 0.4) is 0 Å². The predicted octanol–water partition coefficient (Wildman–Crippen LogP) is 2.10. The maximum atomic E-state index is 12.0. The number of nitrogens with one attached hydrogen (secondary N) is 1. The van der Waals surface area contributed by atoms with Crippen LogP contribution in [0.1, 0.15) is 26.2 Å². The van der Waals surface area contributed by atoms with Gasteiger partial charge in [0.25, 0.3) is 0 Å². The molecule has 0 aromatic heterocycles. The molecule has 1 aromatic carbocycles. The average Bonchev–Trinajstić information content (AvgIpc) is 2.46. The Morgan fingerprint density at radius 3 is 3.14 bits per heavy atom. The summed E-state index contributed by atoms with van der Waals surface area (Å²) in [6.07, 6.45) is 3.08. The van der Waals surface area contributed by atoms with E-state index in [1.54, 1.807) is 12.1 Å². The molecule has 116 valence electrons. The summed E-state index contributed by atoms with van der Waals surface area (Å²) in [4.78, 5) is 14.3. The first-order chi connectivity index (χ1) is 10.2. The van der Waals surface area contributed by atoms with Crippen LogP contribution in [0.25, 0.3) is 0 Å². The van der Waals surface area contributed by atoms with Gasteiger partial charge in [-0.2, -0.15) is 0 Å². The Bertz CT molecular complexity index is 463. The number of amides is 1. The molecule has 1 saturated heterocycles. The van der Waals surface area contributed by atoms with Gasteiger partial charge in [-0.3, -0.25) is 4.79 Å². The maximum Gasteiger partial charge on any atom is 0.225 e. The zero-order valence-electron chi connectivity index (χ0n) is 12.7. The third-order valence-corrected chi connectivity index (χ3v) is 3.69. The molecule has 1 aromatic rings. The van der Waals surface area contributed by atoms with E-state index in [9.17, 15) is 4.79 Å². The van der Waals surface area contributed by atoms with Gasteiger partial charge in [0.2, 0.25) is 5.91 Å². The number of carbonyl (C=O) groups excluding carboxylic acids is 1. The highest BCUT2D eigenvalue weighted by molar-refractivity contribution is 5.91. The molecule has 1 amide bonds. The summed E-state index contributed by atoms with van der Waals surface area (Å²) < 4.78 is 5.67. The van der Waals surface area contributed by atoms with Crippen LogP contribution in [0.15, 0.2) is 24.3 Å². The third kappa shape index (κ3) is 5.36. The predicted molar refractivity (Wildman–Crippen MR) is 85.2 cm³/mol. The fourth-order valence-electron chi connectivity index (χ4n) is 2.69. The largest absolute Gasteiger partial charge is 0.399 e. The van der Waals surface area contributed by atoms with E-state index in [4.69, 9.17) is 10.5 Å². The first-order valence-corrected chi connectivity index (χ1v) is 7.66. The maximum absolute atomic E-state index is 12.0. The smallest absolute Gasteiger partial charge is 0.225 e. The van der Waals surface area contributed by atoms with Crippen LogP contribution >= 0.6 is 0 Å². The van der Waals surface area contributed by atoms with E-state index in [1.165, 1.54) is 0 Å². The molecule has 1 atom stereocenters. The van der Waals surface area contributed by atoms with Crippen molar-refractivity contribution in [3.05, 3.63) is 24.3 Å².